The van der Waals surface area contributed by atoms with E-state index in [-0.39, 0.29) is 12.5 Å². The average molecular weight is 285 g/mol. The van der Waals surface area contributed by atoms with Crippen molar-refractivity contribution in [2.75, 3.05) is 25.5 Å². The number of methoxy groups -OCH3 is 1. The first kappa shape index (κ1) is 15.0. The van der Waals surface area contributed by atoms with Crippen LogP contribution in [0.3, 0.4) is 0 Å². The molecule has 2 aromatic rings. The van der Waals surface area contributed by atoms with E-state index in [1.54, 1.807) is 13.2 Å². The third-order valence-electron chi connectivity index (χ3n) is 2.99. The van der Waals surface area contributed by atoms with E-state index in [2.05, 4.69) is 22.2 Å². The molecule has 5 nitrogen and oxygen atoms in total. The third-order valence-corrected chi connectivity index (χ3v) is 2.99. The zero-order valence-corrected chi connectivity index (χ0v) is 12.3. The minimum absolute atomic E-state index is 0.105. The molecule has 2 rings (SSSR count). The fraction of sp³-hybridized carbons (Fsp3) is 0.250. The Morgan fingerprint density at radius 3 is 2.95 bits per heavy atom. The smallest absolute Gasteiger partial charge is 0.238 e. The Morgan fingerprint density at radius 1 is 1.43 bits per heavy atom. The fourth-order valence-electron chi connectivity index (χ4n) is 2.05. The van der Waals surface area contributed by atoms with Crippen molar-refractivity contribution in [3.63, 3.8) is 0 Å². The molecule has 0 spiro atoms. The summed E-state index contributed by atoms with van der Waals surface area (Å²) < 4.78 is 5.23. The van der Waals surface area contributed by atoms with Crippen LogP contribution in [-0.4, -0.2) is 31.1 Å². The molecule has 0 fully saturated rings. The van der Waals surface area contributed by atoms with Crippen molar-refractivity contribution < 1.29 is 9.53 Å². The number of anilines is 1. The number of benzene rings is 1. The molecule has 2 N–H and O–H groups in total. The van der Waals surface area contributed by atoms with Gasteiger partial charge in [0.05, 0.1) is 24.9 Å². The highest BCUT2D eigenvalue weighted by molar-refractivity contribution is 6.02. The summed E-state index contributed by atoms with van der Waals surface area (Å²) in [6.07, 6.45) is 1.71. The molecule has 0 radical (unpaired) electrons. The second-order valence-electron chi connectivity index (χ2n) is 4.66. The van der Waals surface area contributed by atoms with Gasteiger partial charge in [-0.15, -0.1) is 6.58 Å². The summed E-state index contributed by atoms with van der Waals surface area (Å²) in [4.78, 5) is 16.4. The average Bonchev–Trinajstić information content (AvgIpc) is 2.47. The topological polar surface area (TPSA) is 63.2 Å². The predicted octanol–water partition coefficient (Wildman–Crippen LogP) is 2.27. The van der Waals surface area contributed by atoms with Gasteiger partial charge in [0.15, 0.2) is 0 Å². The van der Waals surface area contributed by atoms with Crippen LogP contribution in [0, 0.1) is 6.92 Å². The van der Waals surface area contributed by atoms with Crippen LogP contribution in [0.1, 0.15) is 5.69 Å². The van der Waals surface area contributed by atoms with Gasteiger partial charge >= 0.3 is 0 Å². The zero-order valence-electron chi connectivity index (χ0n) is 12.3. The van der Waals surface area contributed by atoms with Crippen molar-refractivity contribution in [2.24, 2.45) is 0 Å². The van der Waals surface area contributed by atoms with Gasteiger partial charge in [0.1, 0.15) is 5.75 Å². The number of nitrogens with zero attached hydrogens (tertiary/aromatic N) is 1. The number of ether oxygens (including phenoxy) is 1. The molecule has 0 aliphatic carbocycles. The molecule has 1 aromatic carbocycles. The highest BCUT2D eigenvalue weighted by atomic mass is 16.5. The van der Waals surface area contributed by atoms with Gasteiger partial charge < -0.3 is 15.4 Å². The maximum atomic E-state index is 11.9. The lowest BCUT2D eigenvalue weighted by Gasteiger charge is -2.11. The molecule has 0 atom stereocenters. The van der Waals surface area contributed by atoms with Gasteiger partial charge in [0, 0.05) is 17.6 Å². The molecule has 21 heavy (non-hydrogen) atoms. The lowest BCUT2D eigenvalue weighted by atomic mass is 10.1. The number of hydrogen-bond donors (Lipinski definition) is 2. The SMILES string of the molecule is C=CCNCC(=O)Nc1cc(C)nc2ccc(OC)cc12. The molecule has 0 aliphatic heterocycles. The molecule has 1 heterocycles. The Bertz CT molecular complexity index is 668. The highest BCUT2D eigenvalue weighted by Gasteiger charge is 2.08. The standard InChI is InChI=1S/C16H19N3O2/c1-4-7-17-10-16(20)19-15-8-11(2)18-14-6-5-12(21-3)9-13(14)15/h4-6,8-9,17H,1,7,10H2,2-3H3,(H,18,19,20). The van der Waals surface area contributed by atoms with Crippen LogP contribution in [0.2, 0.25) is 0 Å². The van der Waals surface area contributed by atoms with Crippen molar-refractivity contribution in [3.05, 3.63) is 42.6 Å². The first-order valence-electron chi connectivity index (χ1n) is 6.71. The molecule has 5 heteroatoms. The first-order valence-corrected chi connectivity index (χ1v) is 6.71. The molecule has 0 unspecified atom stereocenters. The van der Waals surface area contributed by atoms with Crippen molar-refractivity contribution >= 4 is 22.5 Å². The molecule has 0 aliphatic rings. The van der Waals surface area contributed by atoms with Crippen LogP contribution in [0.4, 0.5) is 5.69 Å². The summed E-state index contributed by atoms with van der Waals surface area (Å²) in [5.41, 5.74) is 2.41. The second kappa shape index (κ2) is 6.85. The minimum atomic E-state index is -0.105. The van der Waals surface area contributed by atoms with Gasteiger partial charge in [0.25, 0.3) is 0 Å². The van der Waals surface area contributed by atoms with E-state index in [1.807, 2.05) is 31.2 Å². The van der Waals surface area contributed by atoms with E-state index in [1.165, 1.54) is 0 Å². The highest BCUT2D eigenvalue weighted by Crippen LogP contribution is 2.27. The molecule has 0 saturated carbocycles. The third kappa shape index (κ3) is 3.79. The van der Waals surface area contributed by atoms with E-state index in [0.29, 0.717) is 6.54 Å². The normalized spacial score (nSPS) is 10.4. The molecule has 0 bridgehead atoms. The summed E-state index contributed by atoms with van der Waals surface area (Å²) in [5.74, 6) is 0.625. The second-order valence-corrected chi connectivity index (χ2v) is 4.66. The summed E-state index contributed by atoms with van der Waals surface area (Å²) in [6, 6.07) is 7.46. The number of fused-ring (bicyclic) bond motifs is 1. The first-order chi connectivity index (χ1) is 10.1. The number of nitrogens with one attached hydrogen (secondary N) is 2. The van der Waals surface area contributed by atoms with E-state index in [4.69, 9.17) is 4.74 Å². The van der Waals surface area contributed by atoms with Crippen molar-refractivity contribution in [1.29, 1.82) is 0 Å². The van der Waals surface area contributed by atoms with Crippen molar-refractivity contribution in [1.82, 2.24) is 10.3 Å². The Balaban J connectivity index is 2.28. The van der Waals surface area contributed by atoms with E-state index in [9.17, 15) is 4.79 Å². The maximum Gasteiger partial charge on any atom is 0.238 e. The Labute approximate surface area is 124 Å². The van der Waals surface area contributed by atoms with Gasteiger partial charge in [-0.2, -0.15) is 0 Å². The van der Waals surface area contributed by atoms with Gasteiger partial charge in [0.2, 0.25) is 5.91 Å². The molecule has 1 amide bonds. The lowest BCUT2D eigenvalue weighted by molar-refractivity contribution is -0.115. The number of hydrogen-bond acceptors (Lipinski definition) is 4. The fourth-order valence-corrected chi connectivity index (χ4v) is 2.05. The van der Waals surface area contributed by atoms with E-state index < -0.39 is 0 Å². The van der Waals surface area contributed by atoms with E-state index >= 15 is 0 Å². The summed E-state index contributed by atoms with van der Waals surface area (Å²) in [5, 5.41) is 6.73. The summed E-state index contributed by atoms with van der Waals surface area (Å²) in [6.45, 7) is 6.32. The van der Waals surface area contributed by atoms with Crippen LogP contribution in [0.15, 0.2) is 36.9 Å². The molecule has 110 valence electrons. The van der Waals surface area contributed by atoms with Crippen LogP contribution < -0.4 is 15.4 Å². The monoisotopic (exact) mass is 285 g/mol. The van der Waals surface area contributed by atoms with Crippen molar-refractivity contribution in [3.8, 4) is 5.75 Å². The maximum absolute atomic E-state index is 11.9. The molecular formula is C16H19N3O2. The van der Waals surface area contributed by atoms with Gasteiger partial charge in [-0.1, -0.05) is 6.08 Å². The molecule has 0 saturated heterocycles. The number of rotatable bonds is 6. The number of amides is 1. The van der Waals surface area contributed by atoms with E-state index in [0.717, 1.165) is 28.0 Å². The van der Waals surface area contributed by atoms with Crippen LogP contribution in [0.5, 0.6) is 5.75 Å². The largest absolute Gasteiger partial charge is 0.497 e. The van der Waals surface area contributed by atoms with Gasteiger partial charge in [-0.05, 0) is 31.2 Å². The van der Waals surface area contributed by atoms with Crippen LogP contribution >= 0.6 is 0 Å². The zero-order chi connectivity index (χ0) is 15.2. The Hall–Kier alpha value is -2.40. The molecular weight excluding hydrogens is 266 g/mol. The van der Waals surface area contributed by atoms with Crippen molar-refractivity contribution in [2.45, 2.75) is 6.92 Å². The summed E-state index contributed by atoms with van der Waals surface area (Å²) >= 11 is 0. The van der Waals surface area contributed by atoms with Crippen LogP contribution in [-0.2, 0) is 4.79 Å². The van der Waals surface area contributed by atoms with Gasteiger partial charge in [-0.3, -0.25) is 9.78 Å². The Morgan fingerprint density at radius 2 is 2.24 bits per heavy atom. The molecule has 1 aromatic heterocycles. The number of pyridine rings is 1. The predicted molar refractivity (Wildman–Crippen MR) is 84.7 cm³/mol. The number of aromatic nitrogens is 1. The lowest BCUT2D eigenvalue weighted by Crippen LogP contribution is -2.28. The quantitative estimate of drug-likeness (QED) is 0.631. The summed E-state index contributed by atoms with van der Waals surface area (Å²) in [7, 11) is 1.61. The Kier molecular flexibility index (Phi) is 4.90. The number of carbonyl (C=O) groups excluding carboxylic acids is 1. The number of carbonyl (C=O) groups is 1. The minimum Gasteiger partial charge on any atom is -0.497 e. The van der Waals surface area contributed by atoms with Crippen LogP contribution in [0.25, 0.3) is 10.9 Å². The number of aryl methyl sites for hydroxylation is 1. The van der Waals surface area contributed by atoms with Gasteiger partial charge in [-0.25, -0.2) is 0 Å².